The third-order valence-corrected chi connectivity index (χ3v) is 6.74. The van der Waals surface area contributed by atoms with E-state index in [-0.39, 0.29) is 5.91 Å². The summed E-state index contributed by atoms with van der Waals surface area (Å²) in [7, 11) is 0. The predicted octanol–water partition coefficient (Wildman–Crippen LogP) is 9.45. The van der Waals surface area contributed by atoms with Crippen LogP contribution in [0.1, 0.15) is 140 Å². The van der Waals surface area contributed by atoms with E-state index in [1.165, 1.54) is 114 Å². The SMILES string of the molecule is CCCCCCC/C=C/CCCCCCCCCCCCCCC(=O)n1nnc2ccccc21. The molecule has 4 nitrogen and oxygen atoms in total. The fraction of sp³-hybridized carbons (Fsp3) is 0.700. The van der Waals surface area contributed by atoms with Gasteiger partial charge in [-0.3, -0.25) is 4.79 Å². The number of rotatable bonds is 21. The number of benzene rings is 1. The first kappa shape index (κ1) is 28.3. The Morgan fingerprint density at radius 3 is 1.79 bits per heavy atom. The van der Waals surface area contributed by atoms with E-state index in [0.29, 0.717) is 6.42 Å². The van der Waals surface area contributed by atoms with Crippen LogP contribution in [-0.2, 0) is 0 Å². The zero-order valence-corrected chi connectivity index (χ0v) is 21.9. The second kappa shape index (κ2) is 19.3. The molecule has 0 aliphatic heterocycles. The minimum Gasteiger partial charge on any atom is -0.273 e. The number of allylic oxidation sites excluding steroid dienone is 2. The molecule has 0 saturated heterocycles. The molecule has 0 saturated carbocycles. The number of fused-ring (bicyclic) bond motifs is 1. The molecule has 1 heterocycles. The van der Waals surface area contributed by atoms with Crippen LogP contribution >= 0.6 is 0 Å². The molecule has 4 heteroatoms. The molecular formula is C30H49N3O. The molecule has 190 valence electrons. The van der Waals surface area contributed by atoms with E-state index < -0.39 is 0 Å². The third kappa shape index (κ3) is 12.5. The van der Waals surface area contributed by atoms with Gasteiger partial charge in [0, 0.05) is 6.42 Å². The molecule has 0 fully saturated rings. The summed E-state index contributed by atoms with van der Waals surface area (Å²) >= 11 is 0. The summed E-state index contributed by atoms with van der Waals surface area (Å²) < 4.78 is 1.46. The molecule has 0 aliphatic carbocycles. The van der Waals surface area contributed by atoms with E-state index in [0.717, 1.165) is 23.9 Å². The zero-order chi connectivity index (χ0) is 24.1. The van der Waals surface area contributed by atoms with Gasteiger partial charge in [-0.2, -0.15) is 4.68 Å². The van der Waals surface area contributed by atoms with Gasteiger partial charge in [-0.1, -0.05) is 126 Å². The molecule has 0 aliphatic rings. The van der Waals surface area contributed by atoms with Gasteiger partial charge in [-0.15, -0.1) is 5.10 Å². The molecule has 0 atom stereocenters. The monoisotopic (exact) mass is 467 g/mol. The van der Waals surface area contributed by atoms with Crippen LogP contribution in [0.15, 0.2) is 36.4 Å². The Labute approximate surface area is 208 Å². The maximum atomic E-state index is 12.4. The molecule has 0 amide bonds. The minimum atomic E-state index is 0.0579. The highest BCUT2D eigenvalue weighted by molar-refractivity contribution is 5.88. The second-order valence-corrected chi connectivity index (χ2v) is 9.84. The Kier molecular flexibility index (Phi) is 16.1. The van der Waals surface area contributed by atoms with Crippen molar-refractivity contribution in [3.05, 3.63) is 36.4 Å². The summed E-state index contributed by atoms with van der Waals surface area (Å²) in [6, 6.07) is 7.64. The van der Waals surface area contributed by atoms with E-state index in [1.54, 1.807) is 0 Å². The molecular weight excluding hydrogens is 418 g/mol. The molecule has 1 aromatic heterocycles. The highest BCUT2D eigenvalue weighted by Crippen LogP contribution is 2.15. The van der Waals surface area contributed by atoms with Crippen molar-refractivity contribution >= 4 is 16.9 Å². The van der Waals surface area contributed by atoms with Crippen molar-refractivity contribution in [2.75, 3.05) is 0 Å². The summed E-state index contributed by atoms with van der Waals surface area (Å²) in [6.07, 6.45) is 30.5. The zero-order valence-electron chi connectivity index (χ0n) is 21.9. The molecule has 0 spiro atoms. The topological polar surface area (TPSA) is 47.8 Å². The number of aromatic nitrogens is 3. The van der Waals surface area contributed by atoms with Crippen LogP contribution in [0, 0.1) is 0 Å². The van der Waals surface area contributed by atoms with Crippen molar-refractivity contribution < 1.29 is 4.79 Å². The average molecular weight is 468 g/mol. The van der Waals surface area contributed by atoms with Gasteiger partial charge >= 0.3 is 0 Å². The maximum absolute atomic E-state index is 12.4. The Hall–Kier alpha value is -1.97. The predicted molar refractivity (Wildman–Crippen MR) is 145 cm³/mol. The number of nitrogens with zero attached hydrogens (tertiary/aromatic N) is 3. The lowest BCUT2D eigenvalue weighted by Crippen LogP contribution is -2.12. The number of unbranched alkanes of at least 4 members (excludes halogenated alkanes) is 17. The number of para-hydroxylation sites is 1. The molecule has 0 N–H and O–H groups in total. The summed E-state index contributed by atoms with van der Waals surface area (Å²) in [5.41, 5.74) is 1.60. The van der Waals surface area contributed by atoms with Gasteiger partial charge in [0.15, 0.2) is 0 Å². The molecule has 1 aromatic carbocycles. The quantitative estimate of drug-likeness (QED) is 0.136. The van der Waals surface area contributed by atoms with Crippen LogP contribution in [0.4, 0.5) is 0 Å². The Morgan fingerprint density at radius 1 is 0.706 bits per heavy atom. The van der Waals surface area contributed by atoms with Crippen molar-refractivity contribution in [2.45, 2.75) is 135 Å². The minimum absolute atomic E-state index is 0.0579. The first-order valence-corrected chi connectivity index (χ1v) is 14.3. The highest BCUT2D eigenvalue weighted by atomic mass is 16.2. The molecule has 2 rings (SSSR count). The lowest BCUT2D eigenvalue weighted by molar-refractivity contribution is 0.0886. The van der Waals surface area contributed by atoms with Crippen LogP contribution < -0.4 is 0 Å². The second-order valence-electron chi connectivity index (χ2n) is 9.84. The molecule has 34 heavy (non-hydrogen) atoms. The Morgan fingerprint density at radius 2 is 1.21 bits per heavy atom. The summed E-state index contributed by atoms with van der Waals surface area (Å²) in [5.74, 6) is 0.0579. The standard InChI is InChI=1S/C30H49N3O/c1-2-3-4-5-6-7-8-9-10-11-12-13-14-15-16-17-18-19-20-21-22-27-30(34)33-29-26-24-23-25-28(29)31-32-33/h8-9,23-26H,2-7,10-22,27H2,1H3/b9-8+. The van der Waals surface area contributed by atoms with Crippen LogP contribution in [0.25, 0.3) is 11.0 Å². The van der Waals surface area contributed by atoms with Gasteiger partial charge in [-0.05, 0) is 44.2 Å². The summed E-state index contributed by atoms with van der Waals surface area (Å²) in [6.45, 7) is 2.28. The first-order valence-electron chi connectivity index (χ1n) is 14.3. The van der Waals surface area contributed by atoms with Crippen LogP contribution in [0.5, 0.6) is 0 Å². The van der Waals surface area contributed by atoms with Gasteiger partial charge in [0.05, 0.1) is 5.52 Å². The fourth-order valence-electron chi connectivity index (χ4n) is 4.57. The largest absolute Gasteiger partial charge is 0.273 e. The maximum Gasteiger partial charge on any atom is 0.248 e. The normalized spacial score (nSPS) is 11.7. The van der Waals surface area contributed by atoms with Crippen molar-refractivity contribution in [3.8, 4) is 0 Å². The number of carbonyl (C=O) groups excluding carboxylic acids is 1. The van der Waals surface area contributed by atoms with Gasteiger partial charge in [0.25, 0.3) is 0 Å². The van der Waals surface area contributed by atoms with Gasteiger partial charge in [0.1, 0.15) is 5.52 Å². The van der Waals surface area contributed by atoms with Gasteiger partial charge in [-0.25, -0.2) is 0 Å². The van der Waals surface area contributed by atoms with E-state index in [1.807, 2.05) is 24.3 Å². The van der Waals surface area contributed by atoms with Crippen LogP contribution in [-0.4, -0.2) is 20.9 Å². The lowest BCUT2D eigenvalue weighted by atomic mass is 10.0. The fourth-order valence-corrected chi connectivity index (χ4v) is 4.57. The molecule has 0 radical (unpaired) electrons. The van der Waals surface area contributed by atoms with E-state index >= 15 is 0 Å². The van der Waals surface area contributed by atoms with E-state index in [4.69, 9.17) is 0 Å². The summed E-state index contributed by atoms with van der Waals surface area (Å²) in [5, 5.41) is 8.08. The molecule has 0 unspecified atom stereocenters. The average Bonchev–Trinajstić information content (AvgIpc) is 3.29. The third-order valence-electron chi connectivity index (χ3n) is 6.74. The van der Waals surface area contributed by atoms with Gasteiger partial charge in [0.2, 0.25) is 5.91 Å². The lowest BCUT2D eigenvalue weighted by Gasteiger charge is -2.03. The van der Waals surface area contributed by atoms with Crippen LogP contribution in [0.3, 0.4) is 0 Å². The van der Waals surface area contributed by atoms with Crippen molar-refractivity contribution in [2.24, 2.45) is 0 Å². The van der Waals surface area contributed by atoms with Crippen LogP contribution in [0.2, 0.25) is 0 Å². The molecule has 2 aromatic rings. The number of hydrogen-bond donors (Lipinski definition) is 0. The molecule has 0 bridgehead atoms. The smallest absolute Gasteiger partial charge is 0.248 e. The Bertz CT molecular complexity index is 795. The Balaban J connectivity index is 1.30. The van der Waals surface area contributed by atoms with E-state index in [9.17, 15) is 4.79 Å². The first-order chi connectivity index (χ1) is 16.8. The van der Waals surface area contributed by atoms with Gasteiger partial charge < -0.3 is 0 Å². The summed E-state index contributed by atoms with van der Waals surface area (Å²) in [4.78, 5) is 12.4. The van der Waals surface area contributed by atoms with E-state index in [2.05, 4.69) is 29.4 Å². The highest BCUT2D eigenvalue weighted by Gasteiger charge is 2.10. The number of carbonyl (C=O) groups is 1. The van der Waals surface area contributed by atoms with Crippen molar-refractivity contribution in [1.82, 2.24) is 15.0 Å². The number of hydrogen-bond acceptors (Lipinski definition) is 3. The van der Waals surface area contributed by atoms with Crippen molar-refractivity contribution in [3.63, 3.8) is 0 Å². The van der Waals surface area contributed by atoms with Crippen molar-refractivity contribution in [1.29, 1.82) is 0 Å².